The summed E-state index contributed by atoms with van der Waals surface area (Å²) in [4.78, 5) is 2.41. The van der Waals surface area contributed by atoms with Crippen LogP contribution in [0, 0.1) is 5.92 Å². The van der Waals surface area contributed by atoms with Crippen LogP contribution < -0.4 is 0 Å². The van der Waals surface area contributed by atoms with Crippen LogP contribution in [0.4, 0.5) is 0 Å². The van der Waals surface area contributed by atoms with Crippen LogP contribution in [0.25, 0.3) is 0 Å². The highest BCUT2D eigenvalue weighted by atomic mass is 15.1. The molecular formula is C18H37N. The number of hydrogen-bond acceptors (Lipinski definition) is 1. The summed E-state index contributed by atoms with van der Waals surface area (Å²) in [5, 5.41) is 0. The van der Waals surface area contributed by atoms with Gasteiger partial charge in [-0.3, -0.25) is 0 Å². The van der Waals surface area contributed by atoms with E-state index in [2.05, 4.69) is 45.5 Å². The lowest BCUT2D eigenvalue weighted by Gasteiger charge is -2.27. The molecule has 0 heterocycles. The highest BCUT2D eigenvalue weighted by molar-refractivity contribution is 4.76. The molecule has 19 heavy (non-hydrogen) atoms. The summed E-state index contributed by atoms with van der Waals surface area (Å²) in [5.74, 6) is 0.773. The van der Waals surface area contributed by atoms with Crippen molar-refractivity contribution in [2.45, 2.75) is 84.1 Å². The third-order valence-electron chi connectivity index (χ3n) is 4.11. The minimum absolute atomic E-state index is 0.755. The molecule has 0 aromatic rings. The molecule has 0 rings (SSSR count). The summed E-state index contributed by atoms with van der Waals surface area (Å²) in [7, 11) is 4.46. The molecule has 1 nitrogen and oxygen atoms in total. The van der Waals surface area contributed by atoms with E-state index in [1.165, 1.54) is 57.8 Å². The lowest BCUT2D eigenvalue weighted by Crippen LogP contribution is -2.29. The van der Waals surface area contributed by atoms with Gasteiger partial charge in [-0.25, -0.2) is 0 Å². The van der Waals surface area contributed by atoms with E-state index in [9.17, 15) is 0 Å². The van der Waals surface area contributed by atoms with Gasteiger partial charge in [0, 0.05) is 6.04 Å². The van der Waals surface area contributed by atoms with Crippen LogP contribution in [0.1, 0.15) is 78.1 Å². The molecule has 0 aliphatic carbocycles. The van der Waals surface area contributed by atoms with Crippen LogP contribution in [0.3, 0.4) is 0 Å². The Morgan fingerprint density at radius 2 is 1.58 bits per heavy atom. The minimum atomic E-state index is 0.755. The zero-order valence-corrected chi connectivity index (χ0v) is 14.0. The number of rotatable bonds is 13. The molecule has 1 heteroatoms. The van der Waals surface area contributed by atoms with E-state index < -0.39 is 0 Å². The molecule has 0 aromatic heterocycles. The summed E-state index contributed by atoms with van der Waals surface area (Å²) in [6.45, 7) is 8.48. The summed E-state index contributed by atoms with van der Waals surface area (Å²) in [6, 6.07) is 0.755. The quantitative estimate of drug-likeness (QED) is 0.307. The molecule has 0 N–H and O–H groups in total. The Morgan fingerprint density at radius 3 is 2.11 bits per heavy atom. The van der Waals surface area contributed by atoms with E-state index in [1.807, 2.05) is 0 Å². The standard InChI is InChI=1S/C18H37N/c1-6-8-9-10-11-12-13-15-18(19(4)5)16-17(3)14-7-2/h7,17-18H,2,6,8-16H2,1,3-5H3. The Bertz CT molecular complexity index is 198. The molecular weight excluding hydrogens is 230 g/mol. The maximum atomic E-state index is 3.85. The SMILES string of the molecule is C=CCC(C)CC(CCCCCCCCC)N(C)C. The van der Waals surface area contributed by atoms with Crippen molar-refractivity contribution in [2.75, 3.05) is 14.1 Å². The number of allylic oxidation sites excluding steroid dienone is 1. The molecule has 0 aromatic carbocycles. The van der Waals surface area contributed by atoms with Gasteiger partial charge >= 0.3 is 0 Å². The Labute approximate surface area is 122 Å². The van der Waals surface area contributed by atoms with Crippen molar-refractivity contribution < 1.29 is 0 Å². The number of nitrogens with zero attached hydrogens (tertiary/aromatic N) is 1. The maximum absolute atomic E-state index is 3.85. The van der Waals surface area contributed by atoms with Crippen molar-refractivity contribution >= 4 is 0 Å². The van der Waals surface area contributed by atoms with Gasteiger partial charge in [-0.05, 0) is 39.3 Å². The van der Waals surface area contributed by atoms with Crippen molar-refractivity contribution in [3.8, 4) is 0 Å². The molecule has 0 saturated heterocycles. The maximum Gasteiger partial charge on any atom is 0.00918 e. The molecule has 0 saturated carbocycles. The number of hydrogen-bond donors (Lipinski definition) is 0. The summed E-state index contributed by atoms with van der Waals surface area (Å²) >= 11 is 0. The first-order valence-corrected chi connectivity index (χ1v) is 8.39. The fourth-order valence-corrected chi connectivity index (χ4v) is 2.77. The minimum Gasteiger partial charge on any atom is -0.306 e. The topological polar surface area (TPSA) is 3.24 Å². The largest absolute Gasteiger partial charge is 0.306 e. The fourth-order valence-electron chi connectivity index (χ4n) is 2.77. The Hall–Kier alpha value is -0.300. The second kappa shape index (κ2) is 12.7. The number of unbranched alkanes of at least 4 members (excludes halogenated alkanes) is 6. The molecule has 0 amide bonds. The van der Waals surface area contributed by atoms with E-state index in [-0.39, 0.29) is 0 Å². The molecule has 2 unspecified atom stereocenters. The average molecular weight is 268 g/mol. The van der Waals surface area contributed by atoms with Gasteiger partial charge in [-0.15, -0.1) is 6.58 Å². The van der Waals surface area contributed by atoms with Crippen molar-refractivity contribution in [1.82, 2.24) is 4.90 Å². The zero-order chi connectivity index (χ0) is 14.5. The van der Waals surface area contributed by atoms with E-state index in [0.717, 1.165) is 18.4 Å². The molecule has 0 aliphatic heterocycles. The summed E-state index contributed by atoms with van der Waals surface area (Å²) in [5.41, 5.74) is 0. The predicted octanol–water partition coefficient (Wildman–Crippen LogP) is 5.66. The van der Waals surface area contributed by atoms with Gasteiger partial charge in [0.2, 0.25) is 0 Å². The second-order valence-electron chi connectivity index (χ2n) is 6.39. The normalized spacial score (nSPS) is 14.6. The first-order chi connectivity index (χ1) is 9.11. The van der Waals surface area contributed by atoms with Gasteiger partial charge in [0.05, 0.1) is 0 Å². The molecule has 2 atom stereocenters. The van der Waals surface area contributed by atoms with E-state index in [0.29, 0.717) is 0 Å². The van der Waals surface area contributed by atoms with Gasteiger partial charge in [0.25, 0.3) is 0 Å². The second-order valence-corrected chi connectivity index (χ2v) is 6.39. The van der Waals surface area contributed by atoms with Crippen LogP contribution in [0.15, 0.2) is 12.7 Å². The lowest BCUT2D eigenvalue weighted by atomic mass is 9.94. The van der Waals surface area contributed by atoms with Gasteiger partial charge in [-0.2, -0.15) is 0 Å². The van der Waals surface area contributed by atoms with Crippen molar-refractivity contribution in [3.05, 3.63) is 12.7 Å². The van der Waals surface area contributed by atoms with Crippen LogP contribution in [0.5, 0.6) is 0 Å². The average Bonchev–Trinajstić information content (AvgIpc) is 2.36. The van der Waals surface area contributed by atoms with Crippen molar-refractivity contribution in [1.29, 1.82) is 0 Å². The van der Waals surface area contributed by atoms with Crippen molar-refractivity contribution in [3.63, 3.8) is 0 Å². The van der Waals surface area contributed by atoms with Crippen LogP contribution in [-0.2, 0) is 0 Å². The zero-order valence-electron chi connectivity index (χ0n) is 14.0. The lowest BCUT2D eigenvalue weighted by molar-refractivity contribution is 0.231. The predicted molar refractivity (Wildman–Crippen MR) is 88.7 cm³/mol. The van der Waals surface area contributed by atoms with Gasteiger partial charge < -0.3 is 4.90 Å². The molecule has 0 radical (unpaired) electrons. The van der Waals surface area contributed by atoms with Gasteiger partial charge in [-0.1, -0.05) is 64.9 Å². The first-order valence-electron chi connectivity index (χ1n) is 8.39. The highest BCUT2D eigenvalue weighted by Crippen LogP contribution is 2.19. The van der Waals surface area contributed by atoms with Gasteiger partial charge in [0.1, 0.15) is 0 Å². The first kappa shape index (κ1) is 18.7. The van der Waals surface area contributed by atoms with E-state index >= 15 is 0 Å². The monoisotopic (exact) mass is 267 g/mol. The molecule has 114 valence electrons. The molecule has 0 aliphatic rings. The summed E-state index contributed by atoms with van der Waals surface area (Å²) in [6.07, 6.45) is 15.8. The van der Waals surface area contributed by atoms with Crippen LogP contribution >= 0.6 is 0 Å². The Morgan fingerprint density at radius 1 is 1.00 bits per heavy atom. The Kier molecular flexibility index (Phi) is 12.5. The fraction of sp³-hybridized carbons (Fsp3) is 0.889. The molecule has 0 fully saturated rings. The molecule has 0 bridgehead atoms. The highest BCUT2D eigenvalue weighted by Gasteiger charge is 2.14. The Balaban J connectivity index is 3.68. The van der Waals surface area contributed by atoms with Gasteiger partial charge in [0.15, 0.2) is 0 Å². The van der Waals surface area contributed by atoms with Crippen molar-refractivity contribution in [2.24, 2.45) is 5.92 Å². The smallest absolute Gasteiger partial charge is 0.00918 e. The molecule has 0 spiro atoms. The summed E-state index contributed by atoms with van der Waals surface area (Å²) < 4.78 is 0. The van der Waals surface area contributed by atoms with E-state index in [4.69, 9.17) is 0 Å². The van der Waals surface area contributed by atoms with Crippen LogP contribution in [-0.4, -0.2) is 25.0 Å². The van der Waals surface area contributed by atoms with Crippen LogP contribution in [0.2, 0.25) is 0 Å². The third kappa shape index (κ3) is 11.2. The van der Waals surface area contributed by atoms with E-state index in [1.54, 1.807) is 0 Å². The third-order valence-corrected chi connectivity index (χ3v) is 4.11.